The molecule has 116 valence electrons. The van der Waals surface area contributed by atoms with Gasteiger partial charge in [0.2, 0.25) is 5.91 Å². The summed E-state index contributed by atoms with van der Waals surface area (Å²) in [5.74, 6) is 0.640. The Labute approximate surface area is 130 Å². The molecule has 1 aliphatic heterocycles. The van der Waals surface area contributed by atoms with Crippen molar-refractivity contribution in [3.63, 3.8) is 0 Å². The summed E-state index contributed by atoms with van der Waals surface area (Å²) in [6.07, 6.45) is 1.43. The van der Waals surface area contributed by atoms with Crippen LogP contribution in [0.4, 0.5) is 0 Å². The topological polar surface area (TPSA) is 67.4 Å². The minimum absolute atomic E-state index is 0. The van der Waals surface area contributed by atoms with Crippen LogP contribution in [0.5, 0.6) is 5.75 Å². The normalized spacial score (nSPS) is 16.9. The van der Waals surface area contributed by atoms with Gasteiger partial charge in [-0.1, -0.05) is 0 Å². The number of halogens is 1. The minimum Gasteiger partial charge on any atom is -0.497 e. The lowest BCUT2D eigenvalue weighted by molar-refractivity contribution is -0.121. The molecule has 2 rings (SSSR count). The van der Waals surface area contributed by atoms with Gasteiger partial charge in [0.1, 0.15) is 5.75 Å². The number of Topliss-reactive ketones (excluding diaryl/α,β-unsaturated/α-hetero) is 1. The second kappa shape index (κ2) is 8.64. The number of amides is 1. The fourth-order valence-corrected chi connectivity index (χ4v) is 2.23. The van der Waals surface area contributed by atoms with E-state index in [1.165, 1.54) is 0 Å². The predicted octanol–water partition coefficient (Wildman–Crippen LogP) is 1.56. The van der Waals surface area contributed by atoms with E-state index in [4.69, 9.17) is 4.74 Å². The average molecular weight is 313 g/mol. The lowest BCUT2D eigenvalue weighted by Gasteiger charge is -2.10. The van der Waals surface area contributed by atoms with Gasteiger partial charge in [0, 0.05) is 31.0 Å². The van der Waals surface area contributed by atoms with E-state index in [-0.39, 0.29) is 43.0 Å². The zero-order valence-corrected chi connectivity index (χ0v) is 12.9. The molecule has 1 aromatic rings. The van der Waals surface area contributed by atoms with Crippen molar-refractivity contribution in [2.75, 3.05) is 20.2 Å². The molecule has 1 atom stereocenters. The van der Waals surface area contributed by atoms with Gasteiger partial charge < -0.3 is 15.4 Å². The zero-order valence-electron chi connectivity index (χ0n) is 12.1. The van der Waals surface area contributed by atoms with Crippen LogP contribution in [0.3, 0.4) is 0 Å². The lowest BCUT2D eigenvalue weighted by Crippen LogP contribution is -2.36. The number of hydrogen-bond acceptors (Lipinski definition) is 4. The molecule has 0 aliphatic carbocycles. The Bertz CT molecular complexity index is 470. The van der Waals surface area contributed by atoms with E-state index in [0.717, 1.165) is 19.5 Å². The second-order valence-electron chi connectivity index (χ2n) is 4.91. The van der Waals surface area contributed by atoms with Crippen LogP contribution in [0.25, 0.3) is 0 Å². The number of carbonyl (C=O) groups excluding carboxylic acids is 2. The van der Waals surface area contributed by atoms with Gasteiger partial charge in [0.15, 0.2) is 5.78 Å². The van der Waals surface area contributed by atoms with Crippen molar-refractivity contribution in [3.8, 4) is 5.75 Å². The van der Waals surface area contributed by atoms with E-state index in [1.807, 2.05) is 0 Å². The summed E-state index contributed by atoms with van der Waals surface area (Å²) >= 11 is 0. The number of rotatable bonds is 6. The largest absolute Gasteiger partial charge is 0.497 e. The average Bonchev–Trinajstić information content (AvgIpc) is 2.97. The number of ether oxygens (including phenoxy) is 1. The van der Waals surface area contributed by atoms with E-state index >= 15 is 0 Å². The van der Waals surface area contributed by atoms with Crippen molar-refractivity contribution in [1.29, 1.82) is 0 Å². The molecule has 21 heavy (non-hydrogen) atoms. The molecule has 1 saturated heterocycles. The smallest absolute Gasteiger partial charge is 0.220 e. The molecule has 1 unspecified atom stereocenters. The molecule has 1 aliphatic rings. The van der Waals surface area contributed by atoms with Gasteiger partial charge >= 0.3 is 0 Å². The first-order valence-corrected chi connectivity index (χ1v) is 6.86. The third-order valence-corrected chi connectivity index (χ3v) is 3.42. The molecular formula is C15H21ClN2O3. The molecule has 2 N–H and O–H groups in total. The Kier molecular flexibility index (Phi) is 7.19. The number of benzene rings is 1. The van der Waals surface area contributed by atoms with Gasteiger partial charge in [-0.2, -0.15) is 0 Å². The summed E-state index contributed by atoms with van der Waals surface area (Å²) in [6, 6.07) is 7.15. The molecule has 0 spiro atoms. The van der Waals surface area contributed by atoms with E-state index in [0.29, 0.717) is 11.3 Å². The fraction of sp³-hybridized carbons (Fsp3) is 0.467. The number of hydrogen-bond donors (Lipinski definition) is 2. The highest BCUT2D eigenvalue weighted by Gasteiger charge is 2.17. The van der Waals surface area contributed by atoms with Crippen LogP contribution in [0.1, 0.15) is 29.6 Å². The van der Waals surface area contributed by atoms with Crippen LogP contribution < -0.4 is 15.4 Å². The maximum absolute atomic E-state index is 12.0. The summed E-state index contributed by atoms with van der Waals surface area (Å²) in [5.41, 5.74) is 0.612. The second-order valence-corrected chi connectivity index (χ2v) is 4.91. The quantitative estimate of drug-likeness (QED) is 0.782. The molecule has 1 amide bonds. The molecule has 0 radical (unpaired) electrons. The summed E-state index contributed by atoms with van der Waals surface area (Å²) < 4.78 is 5.04. The van der Waals surface area contributed by atoms with Crippen LogP contribution >= 0.6 is 12.4 Å². The zero-order chi connectivity index (χ0) is 14.4. The monoisotopic (exact) mass is 312 g/mol. The van der Waals surface area contributed by atoms with Crippen LogP contribution in [0, 0.1) is 0 Å². The van der Waals surface area contributed by atoms with Gasteiger partial charge in [0.25, 0.3) is 0 Å². The molecule has 0 aromatic heterocycles. The molecule has 1 fully saturated rings. The lowest BCUT2D eigenvalue weighted by atomic mass is 10.1. The Balaban J connectivity index is 0.00000220. The predicted molar refractivity (Wildman–Crippen MR) is 83.2 cm³/mol. The number of carbonyl (C=O) groups is 2. The van der Waals surface area contributed by atoms with Crippen molar-refractivity contribution >= 4 is 24.1 Å². The summed E-state index contributed by atoms with van der Waals surface area (Å²) in [4.78, 5) is 23.7. The molecule has 6 heteroatoms. The third-order valence-electron chi connectivity index (χ3n) is 3.42. The van der Waals surface area contributed by atoms with Gasteiger partial charge in [0.05, 0.1) is 7.11 Å². The highest BCUT2D eigenvalue weighted by Crippen LogP contribution is 2.13. The van der Waals surface area contributed by atoms with Gasteiger partial charge in [-0.05, 0) is 37.2 Å². The number of nitrogens with one attached hydrogen (secondary N) is 2. The van der Waals surface area contributed by atoms with E-state index in [9.17, 15) is 9.59 Å². The Morgan fingerprint density at radius 3 is 2.57 bits per heavy atom. The standard InChI is InChI=1S/C15H20N2O3.ClH/c1-20-13-4-2-11(3-5-13)14(18)6-7-15(19)17-12-8-9-16-10-12;/h2-5,12,16H,6-10H2,1H3,(H,17,19);1H. The van der Waals surface area contributed by atoms with Crippen LogP contribution in [0.2, 0.25) is 0 Å². The Morgan fingerprint density at radius 1 is 1.29 bits per heavy atom. The summed E-state index contributed by atoms with van der Waals surface area (Å²) in [5, 5.41) is 6.12. The van der Waals surface area contributed by atoms with E-state index in [2.05, 4.69) is 10.6 Å². The highest BCUT2D eigenvalue weighted by molar-refractivity contribution is 5.98. The number of ketones is 1. The summed E-state index contributed by atoms with van der Waals surface area (Å²) in [6.45, 7) is 1.76. The first kappa shape index (κ1) is 17.5. The third kappa shape index (κ3) is 5.36. The van der Waals surface area contributed by atoms with Gasteiger partial charge in [-0.3, -0.25) is 9.59 Å². The molecule has 5 nitrogen and oxygen atoms in total. The first-order chi connectivity index (χ1) is 9.69. The van der Waals surface area contributed by atoms with E-state index < -0.39 is 0 Å². The van der Waals surface area contributed by atoms with Crippen LogP contribution in [0.15, 0.2) is 24.3 Å². The maximum atomic E-state index is 12.0. The van der Waals surface area contributed by atoms with Crippen LogP contribution in [-0.4, -0.2) is 37.9 Å². The maximum Gasteiger partial charge on any atom is 0.220 e. The van der Waals surface area contributed by atoms with Gasteiger partial charge in [-0.25, -0.2) is 0 Å². The first-order valence-electron chi connectivity index (χ1n) is 6.86. The van der Waals surface area contributed by atoms with E-state index in [1.54, 1.807) is 31.4 Å². The van der Waals surface area contributed by atoms with Crippen molar-refractivity contribution < 1.29 is 14.3 Å². The van der Waals surface area contributed by atoms with Crippen LogP contribution in [-0.2, 0) is 4.79 Å². The molecule has 0 bridgehead atoms. The van der Waals surface area contributed by atoms with Crippen molar-refractivity contribution in [2.24, 2.45) is 0 Å². The van der Waals surface area contributed by atoms with Crippen molar-refractivity contribution in [3.05, 3.63) is 29.8 Å². The summed E-state index contributed by atoms with van der Waals surface area (Å²) in [7, 11) is 1.58. The molecule has 1 aromatic carbocycles. The van der Waals surface area contributed by atoms with Gasteiger partial charge in [-0.15, -0.1) is 12.4 Å². The Morgan fingerprint density at radius 2 is 2.00 bits per heavy atom. The fourth-order valence-electron chi connectivity index (χ4n) is 2.23. The molecule has 1 heterocycles. The number of methoxy groups -OCH3 is 1. The van der Waals surface area contributed by atoms with Crippen molar-refractivity contribution in [2.45, 2.75) is 25.3 Å². The minimum atomic E-state index is -0.0550. The molecular weight excluding hydrogens is 292 g/mol. The Hall–Kier alpha value is -1.59. The van der Waals surface area contributed by atoms with Crippen molar-refractivity contribution in [1.82, 2.24) is 10.6 Å². The highest BCUT2D eigenvalue weighted by atomic mass is 35.5. The molecule has 0 saturated carbocycles. The SMILES string of the molecule is COc1ccc(C(=O)CCC(=O)NC2CCNC2)cc1.Cl.